The average molecular weight is 346 g/mol. The monoisotopic (exact) mass is 344 g/mol. The molecule has 0 aliphatic heterocycles. The lowest BCUT2D eigenvalue weighted by Crippen LogP contribution is -1.91. The van der Waals surface area contributed by atoms with Crippen molar-refractivity contribution in [2.45, 2.75) is 12.8 Å². The van der Waals surface area contributed by atoms with Crippen LogP contribution in [0.3, 0.4) is 0 Å². The summed E-state index contributed by atoms with van der Waals surface area (Å²) in [7, 11) is 0. The van der Waals surface area contributed by atoms with Gasteiger partial charge in [-0.3, -0.25) is 0 Å². The van der Waals surface area contributed by atoms with E-state index >= 15 is 0 Å². The first kappa shape index (κ1) is 13.7. The lowest BCUT2D eigenvalue weighted by atomic mass is 10.2. The van der Waals surface area contributed by atoms with Crippen LogP contribution in [0.2, 0.25) is 5.02 Å². The number of hydrogen-bond acceptors (Lipinski definition) is 1. The Balaban J connectivity index is 2.36. The molecule has 0 unspecified atom stereocenters. The third-order valence-corrected chi connectivity index (χ3v) is 3.55. The van der Waals surface area contributed by atoms with E-state index < -0.39 is 0 Å². The van der Waals surface area contributed by atoms with Gasteiger partial charge in [0.2, 0.25) is 0 Å². The predicted molar refractivity (Wildman–Crippen MR) is 80.0 cm³/mol. The Kier molecular flexibility index (Phi) is 4.55. The molecule has 18 heavy (non-hydrogen) atoms. The van der Waals surface area contributed by atoms with Crippen LogP contribution in [0.5, 0.6) is 11.5 Å². The number of rotatable bonds is 3. The van der Waals surface area contributed by atoms with Gasteiger partial charge >= 0.3 is 0 Å². The minimum Gasteiger partial charge on any atom is -0.457 e. The van der Waals surface area contributed by atoms with Crippen LogP contribution in [0.4, 0.5) is 0 Å². The molecule has 2 aromatic rings. The maximum absolute atomic E-state index is 5.97. The van der Waals surface area contributed by atoms with Crippen molar-refractivity contribution in [3.8, 4) is 11.5 Å². The highest BCUT2D eigenvalue weighted by atomic mass is 79.9. The van der Waals surface area contributed by atoms with Gasteiger partial charge < -0.3 is 4.74 Å². The zero-order valence-electron chi connectivity index (χ0n) is 9.71. The molecular weight excluding hydrogens is 335 g/mol. The Morgan fingerprint density at radius 3 is 2.61 bits per heavy atom. The van der Waals surface area contributed by atoms with Gasteiger partial charge in [0.05, 0.1) is 5.88 Å². The van der Waals surface area contributed by atoms with Crippen LogP contribution in [0, 0.1) is 6.92 Å². The average Bonchev–Trinajstić information content (AvgIpc) is 2.36. The molecule has 0 aromatic heterocycles. The second kappa shape index (κ2) is 5.96. The molecule has 0 saturated carbocycles. The molecule has 0 fully saturated rings. The molecule has 2 aromatic carbocycles. The molecule has 94 valence electrons. The molecule has 0 N–H and O–H groups in total. The number of ether oxygens (including phenoxy) is 1. The summed E-state index contributed by atoms with van der Waals surface area (Å²) >= 11 is 15.3. The van der Waals surface area contributed by atoms with Gasteiger partial charge in [0.1, 0.15) is 11.5 Å². The number of alkyl halides is 1. The summed E-state index contributed by atoms with van der Waals surface area (Å²) in [5.74, 6) is 1.89. The quantitative estimate of drug-likeness (QED) is 0.625. The molecule has 0 spiro atoms. The molecule has 0 heterocycles. The number of hydrogen-bond donors (Lipinski definition) is 0. The largest absolute Gasteiger partial charge is 0.457 e. The van der Waals surface area contributed by atoms with Crippen LogP contribution >= 0.6 is 39.1 Å². The third-order valence-electron chi connectivity index (χ3n) is 2.54. The van der Waals surface area contributed by atoms with E-state index in [1.165, 1.54) is 0 Å². The van der Waals surface area contributed by atoms with Gasteiger partial charge in [0.25, 0.3) is 0 Å². The van der Waals surface area contributed by atoms with E-state index in [1.807, 2.05) is 37.3 Å². The first-order valence-corrected chi connectivity index (χ1v) is 7.09. The van der Waals surface area contributed by atoms with Gasteiger partial charge in [-0.15, -0.1) is 11.6 Å². The molecular formula is C14H11BrCl2O. The van der Waals surface area contributed by atoms with E-state index in [2.05, 4.69) is 15.9 Å². The second-order valence-electron chi connectivity index (χ2n) is 3.90. The number of benzene rings is 2. The fraction of sp³-hybridized carbons (Fsp3) is 0.143. The number of aryl methyl sites for hydroxylation is 1. The smallest absolute Gasteiger partial charge is 0.131 e. The molecule has 0 bridgehead atoms. The van der Waals surface area contributed by atoms with Gasteiger partial charge in [-0.25, -0.2) is 0 Å². The summed E-state index contributed by atoms with van der Waals surface area (Å²) < 4.78 is 6.86. The summed E-state index contributed by atoms with van der Waals surface area (Å²) in [4.78, 5) is 0. The number of halogens is 3. The van der Waals surface area contributed by atoms with E-state index in [0.717, 1.165) is 27.1 Å². The van der Waals surface area contributed by atoms with Crippen molar-refractivity contribution < 1.29 is 4.74 Å². The summed E-state index contributed by atoms with van der Waals surface area (Å²) in [5.41, 5.74) is 1.97. The van der Waals surface area contributed by atoms with Crippen LogP contribution < -0.4 is 4.74 Å². The molecule has 0 amide bonds. The predicted octanol–water partition coefficient (Wildman–Crippen LogP) is 5.94. The molecule has 1 nitrogen and oxygen atoms in total. The SMILES string of the molecule is Cc1ccc(Cl)cc1Oc1ccc(Br)cc1CCl. The highest BCUT2D eigenvalue weighted by molar-refractivity contribution is 9.10. The standard InChI is InChI=1S/C14H11BrCl2O/c1-9-2-4-12(17)7-14(9)18-13-5-3-11(15)6-10(13)8-16/h2-7H,8H2,1H3. The molecule has 0 aliphatic rings. The van der Waals surface area contributed by atoms with Crippen molar-refractivity contribution in [3.63, 3.8) is 0 Å². The fourth-order valence-corrected chi connectivity index (χ4v) is 2.33. The van der Waals surface area contributed by atoms with E-state index in [0.29, 0.717) is 10.9 Å². The summed E-state index contributed by atoms with van der Waals surface area (Å²) in [6, 6.07) is 11.3. The van der Waals surface area contributed by atoms with E-state index in [4.69, 9.17) is 27.9 Å². The Bertz CT molecular complexity index is 570. The maximum atomic E-state index is 5.97. The van der Waals surface area contributed by atoms with Crippen molar-refractivity contribution in [2.24, 2.45) is 0 Å². The molecule has 0 saturated heterocycles. The normalized spacial score (nSPS) is 10.4. The fourth-order valence-electron chi connectivity index (χ4n) is 1.55. The first-order valence-electron chi connectivity index (χ1n) is 5.38. The molecule has 0 radical (unpaired) electrons. The van der Waals surface area contributed by atoms with E-state index in [1.54, 1.807) is 6.07 Å². The minimum atomic E-state index is 0.397. The summed E-state index contributed by atoms with van der Waals surface area (Å²) in [5, 5.41) is 0.653. The third kappa shape index (κ3) is 3.19. The van der Waals surface area contributed by atoms with E-state index in [9.17, 15) is 0 Å². The van der Waals surface area contributed by atoms with Crippen LogP contribution in [0.25, 0.3) is 0 Å². The van der Waals surface area contributed by atoms with Crippen molar-refractivity contribution in [1.82, 2.24) is 0 Å². The van der Waals surface area contributed by atoms with Crippen molar-refractivity contribution in [2.75, 3.05) is 0 Å². The molecule has 0 atom stereocenters. The van der Waals surface area contributed by atoms with Crippen molar-refractivity contribution in [3.05, 3.63) is 57.0 Å². The first-order chi connectivity index (χ1) is 8.60. The van der Waals surface area contributed by atoms with Crippen LogP contribution in [-0.4, -0.2) is 0 Å². The molecule has 0 aliphatic carbocycles. The van der Waals surface area contributed by atoms with Gasteiger partial charge in [-0.05, 0) is 42.8 Å². The second-order valence-corrected chi connectivity index (χ2v) is 5.52. The Hall–Kier alpha value is -0.700. The lowest BCUT2D eigenvalue weighted by Gasteiger charge is -2.12. The van der Waals surface area contributed by atoms with Gasteiger partial charge in [0, 0.05) is 15.1 Å². The minimum absolute atomic E-state index is 0.397. The molecule has 2 rings (SSSR count). The highest BCUT2D eigenvalue weighted by Crippen LogP contribution is 2.32. The van der Waals surface area contributed by atoms with Crippen LogP contribution in [0.15, 0.2) is 40.9 Å². The van der Waals surface area contributed by atoms with Gasteiger partial charge in [-0.2, -0.15) is 0 Å². The maximum Gasteiger partial charge on any atom is 0.131 e. The van der Waals surface area contributed by atoms with Crippen molar-refractivity contribution >= 4 is 39.1 Å². The Morgan fingerprint density at radius 2 is 1.89 bits per heavy atom. The highest BCUT2D eigenvalue weighted by Gasteiger charge is 2.07. The molecule has 4 heteroatoms. The zero-order valence-corrected chi connectivity index (χ0v) is 12.8. The zero-order chi connectivity index (χ0) is 13.1. The summed E-state index contributed by atoms with van der Waals surface area (Å²) in [6.07, 6.45) is 0. The van der Waals surface area contributed by atoms with E-state index in [-0.39, 0.29) is 0 Å². The Morgan fingerprint density at radius 1 is 1.11 bits per heavy atom. The topological polar surface area (TPSA) is 9.23 Å². The summed E-state index contributed by atoms with van der Waals surface area (Å²) in [6.45, 7) is 1.98. The van der Waals surface area contributed by atoms with Gasteiger partial charge in [0.15, 0.2) is 0 Å². The van der Waals surface area contributed by atoms with Crippen LogP contribution in [0.1, 0.15) is 11.1 Å². The van der Waals surface area contributed by atoms with Crippen LogP contribution in [-0.2, 0) is 5.88 Å². The Labute approximate surface area is 125 Å². The van der Waals surface area contributed by atoms with Gasteiger partial charge in [-0.1, -0.05) is 33.6 Å². The van der Waals surface area contributed by atoms with Crippen molar-refractivity contribution in [1.29, 1.82) is 0 Å². The lowest BCUT2D eigenvalue weighted by molar-refractivity contribution is 0.474.